The van der Waals surface area contributed by atoms with Crippen LogP contribution >= 0.6 is 0 Å². The van der Waals surface area contributed by atoms with Gasteiger partial charge in [-0.2, -0.15) is 4.31 Å². The molecule has 10 nitrogen and oxygen atoms in total. The number of hydrogen-bond donors (Lipinski definition) is 2. The lowest BCUT2D eigenvalue weighted by Crippen LogP contribution is -2.51. The van der Waals surface area contributed by atoms with Crippen LogP contribution in [0.3, 0.4) is 0 Å². The highest BCUT2D eigenvalue weighted by atomic mass is 32.2. The molecule has 2 N–H and O–H groups in total. The number of ether oxygens (including phenoxy) is 2. The minimum atomic E-state index is -3.61. The molecule has 1 atom stereocenters. The van der Waals surface area contributed by atoms with Crippen LogP contribution in [0.5, 0.6) is 0 Å². The Bertz CT molecular complexity index is 1020. The first-order chi connectivity index (χ1) is 15.8. The minimum Gasteiger partial charge on any atom is -0.463 e. The van der Waals surface area contributed by atoms with E-state index in [9.17, 15) is 22.8 Å². The van der Waals surface area contributed by atoms with Crippen molar-refractivity contribution in [2.45, 2.75) is 44.0 Å². The SMILES string of the molecule is CCOC(=O)C1=C(COC(=O)C2CCN(S(=O)(=O)c3ccccc3)CC2)NC(=O)NC1CC. The third kappa shape index (κ3) is 5.72. The van der Waals surface area contributed by atoms with Gasteiger partial charge in [-0.15, -0.1) is 0 Å². The smallest absolute Gasteiger partial charge is 0.338 e. The Morgan fingerprint density at radius 3 is 2.36 bits per heavy atom. The molecule has 0 bridgehead atoms. The van der Waals surface area contributed by atoms with Crippen molar-refractivity contribution < 1.29 is 32.3 Å². The summed E-state index contributed by atoms with van der Waals surface area (Å²) < 4.78 is 37.4. The topological polar surface area (TPSA) is 131 Å². The summed E-state index contributed by atoms with van der Waals surface area (Å²) in [5.41, 5.74) is 0.428. The van der Waals surface area contributed by atoms with E-state index in [0.29, 0.717) is 19.3 Å². The Morgan fingerprint density at radius 2 is 1.76 bits per heavy atom. The van der Waals surface area contributed by atoms with Crippen LogP contribution in [0.4, 0.5) is 4.79 Å². The van der Waals surface area contributed by atoms with Crippen LogP contribution in [0.25, 0.3) is 0 Å². The second-order valence-corrected chi connectivity index (χ2v) is 9.71. The van der Waals surface area contributed by atoms with Crippen LogP contribution in [-0.2, 0) is 29.1 Å². The number of urea groups is 1. The number of rotatable bonds is 8. The molecule has 0 radical (unpaired) electrons. The van der Waals surface area contributed by atoms with Gasteiger partial charge < -0.3 is 20.1 Å². The van der Waals surface area contributed by atoms with Crippen LogP contribution in [0.1, 0.15) is 33.1 Å². The van der Waals surface area contributed by atoms with Crippen LogP contribution in [0, 0.1) is 5.92 Å². The number of carbonyl (C=O) groups is 3. The molecule has 2 heterocycles. The van der Waals surface area contributed by atoms with Crippen molar-refractivity contribution in [1.82, 2.24) is 14.9 Å². The van der Waals surface area contributed by atoms with Crippen molar-refractivity contribution in [3.05, 3.63) is 41.6 Å². The highest BCUT2D eigenvalue weighted by Gasteiger charge is 2.35. The fourth-order valence-electron chi connectivity index (χ4n) is 3.91. The summed E-state index contributed by atoms with van der Waals surface area (Å²) in [5.74, 6) is -1.55. The molecule has 33 heavy (non-hydrogen) atoms. The van der Waals surface area contributed by atoms with Gasteiger partial charge in [0, 0.05) is 13.1 Å². The molecule has 0 spiro atoms. The first-order valence-electron chi connectivity index (χ1n) is 11.0. The van der Waals surface area contributed by atoms with E-state index in [4.69, 9.17) is 9.47 Å². The Kier molecular flexibility index (Phi) is 8.09. The summed E-state index contributed by atoms with van der Waals surface area (Å²) in [7, 11) is -3.61. The predicted octanol–water partition coefficient (Wildman–Crippen LogP) is 1.54. The third-order valence-electron chi connectivity index (χ3n) is 5.67. The van der Waals surface area contributed by atoms with Crippen LogP contribution in [0.15, 0.2) is 46.5 Å². The van der Waals surface area contributed by atoms with Crippen molar-refractivity contribution in [1.29, 1.82) is 0 Å². The third-order valence-corrected chi connectivity index (χ3v) is 7.59. The van der Waals surface area contributed by atoms with E-state index in [1.165, 1.54) is 4.31 Å². The zero-order chi connectivity index (χ0) is 24.0. The largest absolute Gasteiger partial charge is 0.463 e. The van der Waals surface area contributed by atoms with E-state index >= 15 is 0 Å². The number of piperidine rings is 1. The fraction of sp³-hybridized carbons (Fsp3) is 0.500. The monoisotopic (exact) mass is 479 g/mol. The second-order valence-electron chi connectivity index (χ2n) is 7.77. The molecule has 2 amide bonds. The predicted molar refractivity (Wildman–Crippen MR) is 118 cm³/mol. The zero-order valence-corrected chi connectivity index (χ0v) is 19.5. The van der Waals surface area contributed by atoms with Gasteiger partial charge in [0.1, 0.15) is 6.61 Å². The molecule has 11 heteroatoms. The van der Waals surface area contributed by atoms with Gasteiger partial charge in [0.2, 0.25) is 10.0 Å². The first-order valence-corrected chi connectivity index (χ1v) is 12.4. The summed E-state index contributed by atoms with van der Waals surface area (Å²) in [5, 5.41) is 5.19. The van der Waals surface area contributed by atoms with Gasteiger partial charge in [-0.1, -0.05) is 25.1 Å². The zero-order valence-electron chi connectivity index (χ0n) is 18.7. The van der Waals surface area contributed by atoms with Crippen LogP contribution in [0.2, 0.25) is 0 Å². The second kappa shape index (κ2) is 10.8. The Morgan fingerprint density at radius 1 is 1.09 bits per heavy atom. The van der Waals surface area contributed by atoms with Gasteiger partial charge in [0.05, 0.1) is 34.7 Å². The molecule has 180 valence electrons. The molecule has 0 saturated carbocycles. The summed E-state index contributed by atoms with van der Waals surface area (Å²) in [4.78, 5) is 37.2. The van der Waals surface area contributed by atoms with Gasteiger partial charge in [0.15, 0.2) is 0 Å². The standard InChI is InChI=1S/C22H29N3O7S/c1-3-17-19(21(27)31-4-2)18(24-22(28)23-17)14-32-20(26)15-10-12-25(13-11-15)33(29,30)16-8-6-5-7-9-16/h5-9,15,17H,3-4,10-14H2,1-2H3,(H2,23,24,28). The van der Waals surface area contributed by atoms with E-state index in [1.807, 2.05) is 6.92 Å². The number of amides is 2. The van der Waals surface area contributed by atoms with Gasteiger partial charge >= 0.3 is 18.0 Å². The number of nitrogens with zero attached hydrogens (tertiary/aromatic N) is 1. The van der Waals surface area contributed by atoms with Gasteiger partial charge in [0.25, 0.3) is 0 Å². The molecule has 1 fully saturated rings. The highest BCUT2D eigenvalue weighted by Crippen LogP contribution is 2.25. The highest BCUT2D eigenvalue weighted by molar-refractivity contribution is 7.89. The van der Waals surface area contributed by atoms with Crippen LogP contribution in [-0.4, -0.2) is 63.0 Å². The Balaban J connectivity index is 1.62. The van der Waals surface area contributed by atoms with E-state index in [2.05, 4.69) is 10.6 Å². The van der Waals surface area contributed by atoms with Crippen molar-refractivity contribution in [2.24, 2.45) is 5.92 Å². The van der Waals surface area contributed by atoms with Gasteiger partial charge in [-0.25, -0.2) is 18.0 Å². The lowest BCUT2D eigenvalue weighted by atomic mass is 9.98. The molecule has 1 aromatic carbocycles. The number of sulfonamides is 1. The van der Waals surface area contributed by atoms with E-state index in [-0.39, 0.29) is 42.5 Å². The maximum atomic E-state index is 12.8. The van der Waals surface area contributed by atoms with Gasteiger partial charge in [-0.05, 0) is 38.3 Å². The summed E-state index contributed by atoms with van der Waals surface area (Å²) >= 11 is 0. The van der Waals surface area contributed by atoms with Gasteiger partial charge in [-0.3, -0.25) is 4.79 Å². The number of hydrogen-bond acceptors (Lipinski definition) is 7. The molecular weight excluding hydrogens is 450 g/mol. The average Bonchev–Trinajstić information content (AvgIpc) is 2.82. The molecular formula is C22H29N3O7S. The molecule has 0 aromatic heterocycles. The average molecular weight is 480 g/mol. The summed E-state index contributed by atoms with van der Waals surface area (Å²) in [6.07, 6.45) is 1.10. The molecule has 1 aromatic rings. The van der Waals surface area contributed by atoms with E-state index < -0.39 is 40.0 Å². The molecule has 0 aliphatic carbocycles. The number of esters is 2. The maximum Gasteiger partial charge on any atom is 0.338 e. The van der Waals surface area contributed by atoms with E-state index in [1.54, 1.807) is 37.3 Å². The lowest BCUT2D eigenvalue weighted by molar-refractivity contribution is -0.149. The number of benzene rings is 1. The van der Waals surface area contributed by atoms with Crippen molar-refractivity contribution >= 4 is 28.0 Å². The normalized spacial score (nSPS) is 20.1. The molecule has 1 unspecified atom stereocenters. The minimum absolute atomic E-state index is 0.171. The van der Waals surface area contributed by atoms with Crippen molar-refractivity contribution in [3.63, 3.8) is 0 Å². The molecule has 2 aliphatic rings. The summed E-state index contributed by atoms with van der Waals surface area (Å²) in [6.45, 7) is 3.79. The maximum absolute atomic E-state index is 12.8. The molecule has 3 rings (SSSR count). The summed E-state index contributed by atoms with van der Waals surface area (Å²) in [6, 6.07) is 7.14. The molecule has 1 saturated heterocycles. The first kappa shape index (κ1) is 24.7. The van der Waals surface area contributed by atoms with Crippen molar-refractivity contribution in [2.75, 3.05) is 26.3 Å². The fourth-order valence-corrected chi connectivity index (χ4v) is 5.40. The van der Waals surface area contributed by atoms with E-state index in [0.717, 1.165) is 0 Å². The number of nitrogens with one attached hydrogen (secondary N) is 2. The molecule has 2 aliphatic heterocycles. The Labute approximate surface area is 193 Å². The Hall–Kier alpha value is -2.92. The van der Waals surface area contributed by atoms with Crippen LogP contribution < -0.4 is 10.6 Å². The lowest BCUT2D eigenvalue weighted by Gasteiger charge is -2.31. The van der Waals surface area contributed by atoms with Crippen molar-refractivity contribution in [3.8, 4) is 0 Å². The quantitative estimate of drug-likeness (QED) is 0.541. The number of carbonyl (C=O) groups excluding carboxylic acids is 3.